The Kier molecular flexibility index (Phi) is 12.2. The largest absolute Gasteiger partial charge is 0.399 e. The van der Waals surface area contributed by atoms with Crippen molar-refractivity contribution in [1.29, 1.82) is 0 Å². The number of halogens is 1. The first-order valence-corrected chi connectivity index (χ1v) is 11.0. The molecule has 1 atom stereocenters. The number of hydrogen-bond acceptors (Lipinski definition) is 3. The van der Waals surface area contributed by atoms with Gasteiger partial charge in [0.2, 0.25) is 0 Å². The topological polar surface area (TPSA) is 32.5 Å². The smallest absolute Gasteiger partial charge is 0.0660 e. The van der Waals surface area contributed by atoms with Crippen molar-refractivity contribution >= 4 is 23.0 Å². The zero-order valence-corrected chi connectivity index (χ0v) is 19.3. The lowest BCUT2D eigenvalue weighted by molar-refractivity contribution is 0.198. The molecule has 3 nitrogen and oxygen atoms in total. The summed E-state index contributed by atoms with van der Waals surface area (Å²) in [5.41, 5.74) is 8.95. The normalized spacial score (nSPS) is 14.7. The van der Waals surface area contributed by atoms with Crippen LogP contribution in [0.1, 0.15) is 52.1 Å². The highest BCUT2D eigenvalue weighted by molar-refractivity contribution is 6.33. The predicted molar refractivity (Wildman–Crippen MR) is 131 cm³/mol. The van der Waals surface area contributed by atoms with Crippen LogP contribution in [-0.4, -0.2) is 31.1 Å². The van der Waals surface area contributed by atoms with Crippen LogP contribution < -0.4 is 10.6 Å². The van der Waals surface area contributed by atoms with Gasteiger partial charge in [-0.2, -0.15) is 0 Å². The quantitative estimate of drug-likeness (QED) is 0.440. The van der Waals surface area contributed by atoms with E-state index in [1.54, 1.807) is 6.08 Å². The van der Waals surface area contributed by atoms with Crippen molar-refractivity contribution in [2.45, 2.75) is 46.6 Å². The Morgan fingerprint density at radius 1 is 1.03 bits per heavy atom. The molecule has 1 aliphatic heterocycles. The van der Waals surface area contributed by atoms with Crippen molar-refractivity contribution in [3.63, 3.8) is 0 Å². The predicted octanol–water partition coefficient (Wildman–Crippen LogP) is 6.80. The number of nitrogens with zero attached hydrogens (tertiary/aromatic N) is 2. The zero-order chi connectivity index (χ0) is 21.6. The van der Waals surface area contributed by atoms with Gasteiger partial charge in [0.1, 0.15) is 0 Å². The van der Waals surface area contributed by atoms with Gasteiger partial charge in [-0.05, 0) is 37.6 Å². The molecule has 0 radical (unpaired) electrons. The summed E-state index contributed by atoms with van der Waals surface area (Å²) in [5.74, 6) is 0. The summed E-state index contributed by atoms with van der Waals surface area (Å²) < 4.78 is 0. The van der Waals surface area contributed by atoms with E-state index >= 15 is 0 Å². The van der Waals surface area contributed by atoms with E-state index < -0.39 is 0 Å². The molecule has 1 aliphatic rings. The molecule has 0 aliphatic carbocycles. The van der Waals surface area contributed by atoms with Crippen LogP contribution in [0.2, 0.25) is 5.02 Å². The number of unbranched alkanes of at least 4 members (excludes halogenated alkanes) is 1. The highest BCUT2D eigenvalue weighted by atomic mass is 35.5. The summed E-state index contributed by atoms with van der Waals surface area (Å²) in [6.07, 6.45) is 4.39. The van der Waals surface area contributed by atoms with Crippen LogP contribution in [-0.2, 0) is 0 Å². The molecule has 0 saturated carbocycles. The fourth-order valence-electron chi connectivity index (χ4n) is 3.07. The molecule has 4 heteroatoms. The third-order valence-electron chi connectivity index (χ3n) is 4.96. The number of nitrogen functional groups attached to an aromatic ring is 1. The molecule has 1 saturated heterocycles. The van der Waals surface area contributed by atoms with Crippen molar-refractivity contribution in [1.82, 2.24) is 4.90 Å². The number of hydrogen-bond donors (Lipinski definition) is 1. The molecule has 160 valence electrons. The molecule has 0 amide bonds. The lowest BCUT2D eigenvalue weighted by Gasteiger charge is -2.39. The van der Waals surface area contributed by atoms with Gasteiger partial charge in [-0.15, -0.1) is 6.58 Å². The fourth-order valence-corrected chi connectivity index (χ4v) is 3.38. The minimum Gasteiger partial charge on any atom is -0.399 e. The minimum atomic E-state index is 0.449. The van der Waals surface area contributed by atoms with E-state index in [9.17, 15) is 0 Å². The lowest BCUT2D eigenvalue weighted by Crippen LogP contribution is -2.47. The number of piperazine rings is 1. The lowest BCUT2D eigenvalue weighted by atomic mass is 10.1. The molecule has 2 aromatic carbocycles. The summed E-state index contributed by atoms with van der Waals surface area (Å²) in [6, 6.07) is 16.9. The number of rotatable bonds is 4. The third kappa shape index (κ3) is 8.51. The van der Waals surface area contributed by atoms with Gasteiger partial charge in [0.15, 0.2) is 0 Å². The summed E-state index contributed by atoms with van der Waals surface area (Å²) in [5, 5.41) is 0.740. The van der Waals surface area contributed by atoms with Crippen molar-refractivity contribution in [3.05, 3.63) is 71.8 Å². The van der Waals surface area contributed by atoms with Gasteiger partial charge in [0.25, 0.3) is 0 Å². The first kappa shape index (κ1) is 25.1. The van der Waals surface area contributed by atoms with Crippen LogP contribution in [0.4, 0.5) is 11.4 Å². The maximum Gasteiger partial charge on any atom is 0.0660 e. The van der Waals surface area contributed by atoms with Crippen molar-refractivity contribution in [2.24, 2.45) is 0 Å². The van der Waals surface area contributed by atoms with Gasteiger partial charge in [0.05, 0.1) is 10.7 Å². The Bertz CT molecular complexity index is 692. The van der Waals surface area contributed by atoms with Crippen molar-refractivity contribution < 1.29 is 0 Å². The Labute approximate surface area is 183 Å². The van der Waals surface area contributed by atoms with Gasteiger partial charge in [-0.25, -0.2) is 0 Å². The summed E-state index contributed by atoms with van der Waals surface area (Å²) in [6.45, 7) is 15.9. The number of allylic oxidation sites excluding steroid dienone is 1. The van der Waals surface area contributed by atoms with Crippen LogP contribution in [0.3, 0.4) is 0 Å². The zero-order valence-electron chi connectivity index (χ0n) is 18.6. The molecule has 0 aromatic heterocycles. The maximum absolute atomic E-state index is 6.32. The Morgan fingerprint density at radius 2 is 1.59 bits per heavy atom. The van der Waals surface area contributed by atoms with Gasteiger partial charge in [-0.3, -0.25) is 4.90 Å². The Morgan fingerprint density at radius 3 is 2.07 bits per heavy atom. The van der Waals surface area contributed by atoms with Crippen LogP contribution >= 0.6 is 11.6 Å². The van der Waals surface area contributed by atoms with E-state index in [0.717, 1.165) is 36.9 Å². The first-order chi connectivity index (χ1) is 14.0. The molecule has 1 heterocycles. The Balaban J connectivity index is 0.000000526. The second-order valence-corrected chi connectivity index (χ2v) is 7.64. The second kappa shape index (κ2) is 14.1. The highest BCUT2D eigenvalue weighted by Crippen LogP contribution is 2.30. The SMILES string of the molecule is C=CC.CC(c1ccccc1)N1CCN(c2ccc(N)cc2Cl)CC1.CCCC. The van der Waals surface area contributed by atoms with E-state index in [0.29, 0.717) is 11.7 Å². The van der Waals surface area contributed by atoms with E-state index in [2.05, 4.69) is 67.5 Å². The highest BCUT2D eigenvalue weighted by Gasteiger charge is 2.23. The minimum absolute atomic E-state index is 0.449. The van der Waals surface area contributed by atoms with Gasteiger partial charge in [0, 0.05) is 37.9 Å². The van der Waals surface area contributed by atoms with Crippen LogP contribution in [0, 0.1) is 0 Å². The second-order valence-electron chi connectivity index (χ2n) is 7.23. The van der Waals surface area contributed by atoms with Crippen LogP contribution in [0.25, 0.3) is 0 Å². The average molecular weight is 416 g/mol. The van der Waals surface area contributed by atoms with Crippen LogP contribution in [0.15, 0.2) is 61.2 Å². The average Bonchev–Trinajstić information content (AvgIpc) is 2.75. The first-order valence-electron chi connectivity index (χ1n) is 10.6. The Hall–Kier alpha value is -1.97. The van der Waals surface area contributed by atoms with Crippen LogP contribution in [0.5, 0.6) is 0 Å². The van der Waals surface area contributed by atoms with Crippen molar-refractivity contribution in [2.75, 3.05) is 36.8 Å². The molecule has 0 spiro atoms. The summed E-state index contributed by atoms with van der Waals surface area (Å²) in [4.78, 5) is 4.87. The molecule has 29 heavy (non-hydrogen) atoms. The molecule has 0 bridgehead atoms. The van der Waals surface area contributed by atoms with Gasteiger partial charge >= 0.3 is 0 Å². The van der Waals surface area contributed by atoms with Gasteiger partial charge < -0.3 is 10.6 Å². The number of anilines is 2. The third-order valence-corrected chi connectivity index (χ3v) is 5.26. The van der Waals surface area contributed by atoms with Crippen molar-refractivity contribution in [3.8, 4) is 0 Å². The molecule has 2 N–H and O–H groups in total. The maximum atomic E-state index is 6.32. The molecule has 1 fully saturated rings. The summed E-state index contributed by atoms with van der Waals surface area (Å²) in [7, 11) is 0. The molecular weight excluding hydrogens is 378 g/mol. The standard InChI is InChI=1S/C18H22ClN3.C4H10.C3H6/c1-14(15-5-3-2-4-6-15)21-9-11-22(12-10-21)18-8-7-16(20)13-17(18)19;1-3-4-2;1-3-2/h2-8,13-14H,9-12,20H2,1H3;3-4H2,1-2H3;3H,1H2,2H3. The molecule has 1 unspecified atom stereocenters. The van der Waals surface area contributed by atoms with E-state index in [1.165, 1.54) is 18.4 Å². The van der Waals surface area contributed by atoms with Gasteiger partial charge in [-0.1, -0.05) is 74.7 Å². The monoisotopic (exact) mass is 415 g/mol. The molecular formula is C25H38ClN3. The van der Waals surface area contributed by atoms with E-state index in [1.807, 2.05) is 25.1 Å². The molecule has 3 rings (SSSR count). The number of nitrogens with two attached hydrogens (primary N) is 1. The summed E-state index contributed by atoms with van der Waals surface area (Å²) >= 11 is 6.32. The fraction of sp³-hybridized carbons (Fsp3) is 0.440. The van der Waals surface area contributed by atoms with E-state index in [-0.39, 0.29) is 0 Å². The van der Waals surface area contributed by atoms with E-state index in [4.69, 9.17) is 17.3 Å². The molecule has 2 aromatic rings. The number of benzene rings is 2.